The topological polar surface area (TPSA) is 69.4 Å². The average Bonchev–Trinajstić information content (AvgIpc) is 2.35. The number of benzene rings is 1. The van der Waals surface area contributed by atoms with Crippen molar-refractivity contribution in [3.8, 4) is 0 Å². The molecule has 1 aromatic carbocycles. The maximum atomic E-state index is 11.6. The van der Waals surface area contributed by atoms with Crippen LogP contribution in [-0.2, 0) is 16.0 Å². The number of hydrogen-bond acceptors (Lipinski definition) is 5. The lowest BCUT2D eigenvalue weighted by atomic mass is 10.2. The smallest absolute Gasteiger partial charge is 0.358 e. The molecule has 1 aromatic heterocycles. The van der Waals surface area contributed by atoms with Crippen molar-refractivity contribution in [2.75, 3.05) is 7.11 Å². The standard InChI is InChI=1S/C12H11NO4/c1-16-11(14)7-6-9-12(15)17-10-5-3-2-4-8(10)13-9/h2-5H,6-7H2,1H3. The first-order chi connectivity index (χ1) is 8.20. The van der Waals surface area contributed by atoms with E-state index in [0.717, 1.165) is 0 Å². The van der Waals surface area contributed by atoms with Gasteiger partial charge in [0, 0.05) is 6.42 Å². The molecular formula is C12H11NO4. The highest BCUT2D eigenvalue weighted by molar-refractivity contribution is 5.72. The van der Waals surface area contributed by atoms with Crippen LogP contribution in [0.3, 0.4) is 0 Å². The lowest BCUT2D eigenvalue weighted by molar-refractivity contribution is -0.140. The van der Waals surface area contributed by atoms with Crippen molar-refractivity contribution in [3.05, 3.63) is 40.4 Å². The molecule has 0 aliphatic rings. The van der Waals surface area contributed by atoms with E-state index in [9.17, 15) is 9.59 Å². The number of aryl methyl sites for hydroxylation is 1. The second-order valence-corrected chi connectivity index (χ2v) is 3.49. The molecule has 0 bridgehead atoms. The second kappa shape index (κ2) is 4.78. The average molecular weight is 233 g/mol. The number of para-hydroxylation sites is 2. The molecule has 0 saturated heterocycles. The first kappa shape index (κ1) is 11.3. The largest absolute Gasteiger partial charge is 0.469 e. The molecule has 1 heterocycles. The molecule has 17 heavy (non-hydrogen) atoms. The van der Waals surface area contributed by atoms with E-state index < -0.39 is 5.63 Å². The molecule has 0 unspecified atom stereocenters. The van der Waals surface area contributed by atoms with Crippen molar-refractivity contribution in [1.82, 2.24) is 4.98 Å². The fourth-order valence-corrected chi connectivity index (χ4v) is 1.47. The molecule has 0 aliphatic carbocycles. The number of rotatable bonds is 3. The Kier molecular flexibility index (Phi) is 3.18. The fraction of sp³-hybridized carbons (Fsp3) is 0.250. The molecule has 0 atom stereocenters. The summed E-state index contributed by atoms with van der Waals surface area (Å²) in [5, 5.41) is 0. The van der Waals surface area contributed by atoms with Gasteiger partial charge in [-0.05, 0) is 12.1 Å². The zero-order chi connectivity index (χ0) is 12.3. The van der Waals surface area contributed by atoms with Crippen LogP contribution in [0.25, 0.3) is 11.1 Å². The van der Waals surface area contributed by atoms with Crippen LogP contribution in [-0.4, -0.2) is 18.1 Å². The van der Waals surface area contributed by atoms with Gasteiger partial charge in [-0.2, -0.15) is 0 Å². The quantitative estimate of drug-likeness (QED) is 0.747. The lowest BCUT2D eigenvalue weighted by Crippen LogP contribution is -2.13. The molecule has 0 fully saturated rings. The summed E-state index contributed by atoms with van der Waals surface area (Å²) >= 11 is 0. The minimum absolute atomic E-state index is 0.118. The maximum absolute atomic E-state index is 11.6. The predicted octanol–water partition coefficient (Wildman–Crippen LogP) is 1.29. The zero-order valence-corrected chi connectivity index (χ0v) is 9.30. The van der Waals surface area contributed by atoms with E-state index in [1.165, 1.54) is 7.11 Å². The van der Waals surface area contributed by atoms with Gasteiger partial charge in [-0.25, -0.2) is 9.78 Å². The Balaban J connectivity index is 2.31. The van der Waals surface area contributed by atoms with Crippen molar-refractivity contribution >= 4 is 17.1 Å². The van der Waals surface area contributed by atoms with Crippen molar-refractivity contribution in [2.45, 2.75) is 12.8 Å². The Morgan fingerprint density at radius 1 is 1.41 bits per heavy atom. The molecule has 5 heteroatoms. The minimum atomic E-state index is -0.507. The summed E-state index contributed by atoms with van der Waals surface area (Å²) in [5.74, 6) is -0.376. The number of aromatic nitrogens is 1. The monoisotopic (exact) mass is 233 g/mol. The number of carbonyl (C=O) groups is 1. The summed E-state index contributed by atoms with van der Waals surface area (Å²) in [6.07, 6.45) is 0.340. The van der Waals surface area contributed by atoms with Crippen molar-refractivity contribution in [1.29, 1.82) is 0 Å². The highest BCUT2D eigenvalue weighted by atomic mass is 16.5. The fourth-order valence-electron chi connectivity index (χ4n) is 1.47. The Hall–Kier alpha value is -2.17. The van der Waals surface area contributed by atoms with Crippen LogP contribution < -0.4 is 5.63 Å². The summed E-state index contributed by atoms with van der Waals surface area (Å²) in [4.78, 5) is 26.7. The van der Waals surface area contributed by atoms with Gasteiger partial charge in [0.25, 0.3) is 0 Å². The van der Waals surface area contributed by atoms with Gasteiger partial charge in [-0.3, -0.25) is 4.79 Å². The first-order valence-corrected chi connectivity index (χ1v) is 5.16. The van der Waals surface area contributed by atoms with Crippen LogP contribution in [0.2, 0.25) is 0 Å². The highest BCUT2D eigenvalue weighted by Gasteiger charge is 2.09. The van der Waals surface area contributed by atoms with Crippen LogP contribution >= 0.6 is 0 Å². The summed E-state index contributed by atoms with van der Waals surface area (Å²) in [7, 11) is 1.30. The van der Waals surface area contributed by atoms with Crippen molar-refractivity contribution < 1.29 is 13.9 Å². The highest BCUT2D eigenvalue weighted by Crippen LogP contribution is 2.09. The number of carbonyl (C=O) groups excluding carboxylic acids is 1. The molecule has 2 aromatic rings. The van der Waals surface area contributed by atoms with Gasteiger partial charge in [-0.15, -0.1) is 0 Å². The maximum Gasteiger partial charge on any atom is 0.358 e. The number of esters is 1. The Labute approximate surface area is 97.0 Å². The summed E-state index contributed by atoms with van der Waals surface area (Å²) < 4.78 is 9.59. The van der Waals surface area contributed by atoms with E-state index in [4.69, 9.17) is 4.42 Å². The van der Waals surface area contributed by atoms with Crippen LogP contribution in [0, 0.1) is 0 Å². The van der Waals surface area contributed by atoms with Crippen LogP contribution in [0.1, 0.15) is 12.1 Å². The molecule has 0 N–H and O–H groups in total. The van der Waals surface area contributed by atoms with Crippen LogP contribution in [0.5, 0.6) is 0 Å². The van der Waals surface area contributed by atoms with E-state index in [1.54, 1.807) is 24.3 Å². The van der Waals surface area contributed by atoms with Gasteiger partial charge in [0.2, 0.25) is 0 Å². The molecule has 0 spiro atoms. The van der Waals surface area contributed by atoms with Gasteiger partial charge < -0.3 is 9.15 Å². The molecule has 5 nitrogen and oxygen atoms in total. The molecule has 2 rings (SSSR count). The Morgan fingerprint density at radius 3 is 2.94 bits per heavy atom. The van der Waals surface area contributed by atoms with E-state index in [2.05, 4.69) is 9.72 Å². The van der Waals surface area contributed by atoms with Gasteiger partial charge in [0.1, 0.15) is 11.2 Å². The number of methoxy groups -OCH3 is 1. The SMILES string of the molecule is COC(=O)CCc1nc2ccccc2oc1=O. The van der Waals surface area contributed by atoms with E-state index in [1.807, 2.05) is 0 Å². The van der Waals surface area contributed by atoms with E-state index in [0.29, 0.717) is 11.1 Å². The van der Waals surface area contributed by atoms with Crippen LogP contribution in [0.4, 0.5) is 0 Å². The third-order valence-corrected chi connectivity index (χ3v) is 2.35. The summed E-state index contributed by atoms with van der Waals surface area (Å²) in [5.41, 5.74) is 0.785. The molecule has 0 aliphatic heterocycles. The van der Waals surface area contributed by atoms with Crippen molar-refractivity contribution in [3.63, 3.8) is 0 Å². The Bertz CT molecular complexity index is 603. The predicted molar refractivity (Wildman–Crippen MR) is 60.6 cm³/mol. The van der Waals surface area contributed by atoms with Crippen molar-refractivity contribution in [2.24, 2.45) is 0 Å². The molecular weight excluding hydrogens is 222 g/mol. The summed E-state index contributed by atoms with van der Waals surface area (Å²) in [6, 6.07) is 6.99. The van der Waals surface area contributed by atoms with Gasteiger partial charge in [0.05, 0.1) is 13.5 Å². The Morgan fingerprint density at radius 2 is 2.18 bits per heavy atom. The van der Waals surface area contributed by atoms with E-state index in [-0.39, 0.29) is 24.5 Å². The number of ether oxygens (including phenoxy) is 1. The second-order valence-electron chi connectivity index (χ2n) is 3.49. The molecule has 0 amide bonds. The summed E-state index contributed by atoms with van der Waals surface area (Å²) in [6.45, 7) is 0. The lowest BCUT2D eigenvalue weighted by Gasteiger charge is -2.00. The number of hydrogen-bond donors (Lipinski definition) is 0. The van der Waals surface area contributed by atoms with Gasteiger partial charge in [-0.1, -0.05) is 12.1 Å². The van der Waals surface area contributed by atoms with Gasteiger partial charge >= 0.3 is 11.6 Å². The number of fused-ring (bicyclic) bond motifs is 1. The first-order valence-electron chi connectivity index (χ1n) is 5.16. The van der Waals surface area contributed by atoms with Gasteiger partial charge in [0.15, 0.2) is 5.58 Å². The third-order valence-electron chi connectivity index (χ3n) is 2.35. The molecule has 0 saturated carbocycles. The van der Waals surface area contributed by atoms with E-state index >= 15 is 0 Å². The molecule has 0 radical (unpaired) electrons. The normalized spacial score (nSPS) is 10.4. The molecule has 88 valence electrons. The van der Waals surface area contributed by atoms with Crippen LogP contribution in [0.15, 0.2) is 33.5 Å². The third kappa shape index (κ3) is 2.50. The zero-order valence-electron chi connectivity index (χ0n) is 9.30. The number of nitrogens with zero attached hydrogens (tertiary/aromatic N) is 1. The minimum Gasteiger partial charge on any atom is -0.469 e.